The fourth-order valence-corrected chi connectivity index (χ4v) is 2.69. The van der Waals surface area contributed by atoms with Gasteiger partial charge in [-0.2, -0.15) is 0 Å². The van der Waals surface area contributed by atoms with E-state index >= 15 is 0 Å². The highest BCUT2D eigenvalue weighted by Gasteiger charge is 2.18. The molecule has 0 bridgehead atoms. The van der Waals surface area contributed by atoms with Crippen LogP contribution in [0, 0.1) is 10.1 Å². The van der Waals surface area contributed by atoms with E-state index in [9.17, 15) is 19.7 Å². The minimum Gasteiger partial charge on any atom is -0.490 e. The quantitative estimate of drug-likeness (QED) is 0.472. The number of aromatic nitrogens is 1. The molecule has 9 heteroatoms. The van der Waals surface area contributed by atoms with Crippen LogP contribution in [0.3, 0.4) is 0 Å². The number of benzene rings is 2. The Hall–Kier alpha value is -4.14. The van der Waals surface area contributed by atoms with Gasteiger partial charge in [0.1, 0.15) is 0 Å². The monoisotopic (exact) mass is 394 g/mol. The highest BCUT2D eigenvalue weighted by atomic mass is 16.6. The van der Waals surface area contributed by atoms with Crippen LogP contribution >= 0.6 is 0 Å². The van der Waals surface area contributed by atoms with E-state index in [0.29, 0.717) is 5.69 Å². The van der Waals surface area contributed by atoms with E-state index in [1.807, 2.05) is 35.2 Å². The van der Waals surface area contributed by atoms with Crippen molar-refractivity contribution in [2.24, 2.45) is 0 Å². The van der Waals surface area contributed by atoms with Crippen molar-refractivity contribution < 1.29 is 19.2 Å². The molecule has 9 nitrogen and oxygen atoms in total. The predicted octanol–water partition coefficient (Wildman–Crippen LogP) is 2.76. The molecule has 1 aromatic heterocycles. The standard InChI is InChI=1S/C20H18N4O5/c1-29-18-8-7-14(11-17(18)24(27)28)20(26)21-13-19(25)22-15-5-4-6-16(12-15)23-9-2-3-10-23/h2-12H,13H2,1H3,(H,21,26)(H,22,25). The lowest BCUT2D eigenvalue weighted by Crippen LogP contribution is -2.32. The molecule has 0 saturated heterocycles. The Morgan fingerprint density at radius 2 is 1.86 bits per heavy atom. The zero-order valence-electron chi connectivity index (χ0n) is 15.5. The Morgan fingerprint density at radius 1 is 1.10 bits per heavy atom. The number of carbonyl (C=O) groups is 2. The molecule has 1 heterocycles. The topological polar surface area (TPSA) is 116 Å². The van der Waals surface area contributed by atoms with Crippen molar-refractivity contribution in [1.29, 1.82) is 0 Å². The molecule has 0 aliphatic rings. The number of methoxy groups -OCH3 is 1. The molecule has 0 atom stereocenters. The van der Waals surface area contributed by atoms with E-state index < -0.39 is 16.7 Å². The molecule has 0 unspecified atom stereocenters. The second-order valence-corrected chi connectivity index (χ2v) is 6.02. The maximum atomic E-state index is 12.2. The Balaban J connectivity index is 1.61. The van der Waals surface area contributed by atoms with E-state index in [-0.39, 0.29) is 23.5 Å². The summed E-state index contributed by atoms with van der Waals surface area (Å²) in [6, 6.07) is 14.8. The first-order valence-electron chi connectivity index (χ1n) is 8.62. The molecule has 0 aliphatic heterocycles. The minimum atomic E-state index is -0.639. The fraction of sp³-hybridized carbons (Fsp3) is 0.100. The number of nitrogens with one attached hydrogen (secondary N) is 2. The van der Waals surface area contributed by atoms with Crippen molar-refractivity contribution >= 4 is 23.2 Å². The van der Waals surface area contributed by atoms with Crippen molar-refractivity contribution in [3.05, 3.63) is 82.7 Å². The molecule has 3 rings (SSSR count). The van der Waals surface area contributed by atoms with Crippen LogP contribution < -0.4 is 15.4 Å². The normalized spacial score (nSPS) is 10.2. The van der Waals surface area contributed by atoms with Crippen LogP contribution in [-0.2, 0) is 4.79 Å². The van der Waals surface area contributed by atoms with Crippen LogP contribution in [0.5, 0.6) is 5.75 Å². The molecular weight excluding hydrogens is 376 g/mol. The molecule has 0 fully saturated rings. The van der Waals surface area contributed by atoms with Crippen LogP contribution in [-0.4, -0.2) is 35.0 Å². The number of rotatable bonds is 7. The van der Waals surface area contributed by atoms with Crippen LogP contribution in [0.2, 0.25) is 0 Å². The van der Waals surface area contributed by atoms with Gasteiger partial charge in [0.15, 0.2) is 5.75 Å². The van der Waals surface area contributed by atoms with Crippen molar-refractivity contribution in [2.75, 3.05) is 19.0 Å². The van der Waals surface area contributed by atoms with Crippen LogP contribution in [0.15, 0.2) is 67.0 Å². The lowest BCUT2D eigenvalue weighted by molar-refractivity contribution is -0.385. The Bertz CT molecular complexity index is 1050. The average Bonchev–Trinajstić information content (AvgIpc) is 3.26. The van der Waals surface area contributed by atoms with E-state index in [2.05, 4.69) is 10.6 Å². The molecule has 2 N–H and O–H groups in total. The highest BCUT2D eigenvalue weighted by Crippen LogP contribution is 2.27. The van der Waals surface area contributed by atoms with E-state index in [1.165, 1.54) is 19.2 Å². The van der Waals surface area contributed by atoms with Crippen molar-refractivity contribution in [3.8, 4) is 11.4 Å². The number of nitro benzene ring substituents is 1. The van der Waals surface area contributed by atoms with Gasteiger partial charge in [0.2, 0.25) is 5.91 Å². The Kier molecular flexibility index (Phi) is 5.88. The summed E-state index contributed by atoms with van der Waals surface area (Å²) >= 11 is 0. The molecule has 0 saturated carbocycles. The van der Waals surface area contributed by atoms with E-state index in [1.54, 1.807) is 18.2 Å². The van der Waals surface area contributed by atoms with Crippen molar-refractivity contribution in [3.63, 3.8) is 0 Å². The zero-order valence-corrected chi connectivity index (χ0v) is 15.5. The van der Waals surface area contributed by atoms with E-state index in [4.69, 9.17) is 4.74 Å². The first-order valence-corrected chi connectivity index (χ1v) is 8.62. The first-order chi connectivity index (χ1) is 14.0. The third kappa shape index (κ3) is 4.78. The Labute approximate surface area is 166 Å². The van der Waals surface area contributed by atoms with Gasteiger partial charge in [-0.05, 0) is 42.5 Å². The van der Waals surface area contributed by atoms with Crippen LogP contribution in [0.1, 0.15) is 10.4 Å². The van der Waals surface area contributed by atoms with Gasteiger partial charge in [0.25, 0.3) is 5.91 Å². The number of anilines is 1. The number of carbonyl (C=O) groups excluding carboxylic acids is 2. The minimum absolute atomic E-state index is 0.0480. The largest absolute Gasteiger partial charge is 0.490 e. The molecule has 148 valence electrons. The number of amides is 2. The smallest absolute Gasteiger partial charge is 0.311 e. The second kappa shape index (κ2) is 8.70. The number of hydrogen-bond donors (Lipinski definition) is 2. The lowest BCUT2D eigenvalue weighted by Gasteiger charge is -2.09. The van der Waals surface area contributed by atoms with Gasteiger partial charge in [-0.15, -0.1) is 0 Å². The molecule has 29 heavy (non-hydrogen) atoms. The predicted molar refractivity (Wildman–Crippen MR) is 106 cm³/mol. The van der Waals surface area contributed by atoms with Crippen molar-refractivity contribution in [1.82, 2.24) is 9.88 Å². The van der Waals surface area contributed by atoms with Gasteiger partial charge in [0.05, 0.1) is 18.6 Å². The maximum absolute atomic E-state index is 12.2. The number of ether oxygens (including phenoxy) is 1. The van der Waals surface area contributed by atoms with Gasteiger partial charge in [-0.3, -0.25) is 19.7 Å². The summed E-state index contributed by atoms with van der Waals surface area (Å²) in [5, 5.41) is 16.2. The molecule has 2 amide bonds. The van der Waals surface area contributed by atoms with Crippen molar-refractivity contribution in [2.45, 2.75) is 0 Å². The summed E-state index contributed by atoms with van der Waals surface area (Å²) in [7, 11) is 1.30. The summed E-state index contributed by atoms with van der Waals surface area (Å²) in [4.78, 5) is 34.8. The van der Waals surface area contributed by atoms with Crippen LogP contribution in [0.25, 0.3) is 5.69 Å². The Morgan fingerprint density at radius 3 is 2.55 bits per heavy atom. The molecular formula is C20H18N4O5. The van der Waals surface area contributed by atoms with Gasteiger partial charge < -0.3 is 19.9 Å². The zero-order chi connectivity index (χ0) is 20.8. The number of nitro groups is 1. The van der Waals surface area contributed by atoms with Gasteiger partial charge >= 0.3 is 5.69 Å². The summed E-state index contributed by atoms with van der Waals surface area (Å²) in [6.45, 7) is -0.285. The number of hydrogen-bond acceptors (Lipinski definition) is 5. The molecule has 0 spiro atoms. The van der Waals surface area contributed by atoms with Gasteiger partial charge in [-0.25, -0.2) is 0 Å². The lowest BCUT2D eigenvalue weighted by atomic mass is 10.1. The molecule has 0 radical (unpaired) electrons. The molecule has 2 aromatic carbocycles. The summed E-state index contributed by atoms with van der Waals surface area (Å²) in [6.07, 6.45) is 3.77. The van der Waals surface area contributed by atoms with Crippen LogP contribution in [0.4, 0.5) is 11.4 Å². The van der Waals surface area contributed by atoms with Gasteiger partial charge in [-0.1, -0.05) is 6.07 Å². The SMILES string of the molecule is COc1ccc(C(=O)NCC(=O)Nc2cccc(-n3cccc3)c2)cc1[N+](=O)[O-]. The fourth-order valence-electron chi connectivity index (χ4n) is 2.69. The summed E-state index contributed by atoms with van der Waals surface area (Å²) in [5.41, 5.74) is 1.18. The number of nitrogens with zero attached hydrogens (tertiary/aromatic N) is 2. The average molecular weight is 394 g/mol. The highest BCUT2D eigenvalue weighted by molar-refractivity contribution is 5.99. The summed E-state index contributed by atoms with van der Waals surface area (Å²) < 4.78 is 6.80. The summed E-state index contributed by atoms with van der Waals surface area (Å²) in [5.74, 6) is -0.982. The molecule has 3 aromatic rings. The third-order valence-electron chi connectivity index (χ3n) is 4.08. The maximum Gasteiger partial charge on any atom is 0.311 e. The second-order valence-electron chi connectivity index (χ2n) is 6.02. The first kappa shape index (κ1) is 19.6. The van der Waals surface area contributed by atoms with Gasteiger partial charge in [0, 0.05) is 35.4 Å². The van der Waals surface area contributed by atoms with E-state index in [0.717, 1.165) is 11.8 Å². The molecule has 0 aliphatic carbocycles. The third-order valence-corrected chi connectivity index (χ3v) is 4.08.